The Bertz CT molecular complexity index is 3480. The zero-order valence-electron chi connectivity index (χ0n) is 74.5. The number of hydrogen-bond acceptors (Lipinski definition) is 58. The lowest BCUT2D eigenvalue weighted by molar-refractivity contribution is -0.342. The molecule has 792 valence electrons. The van der Waals surface area contributed by atoms with Gasteiger partial charge in [-0.15, -0.1) is 0 Å². The van der Waals surface area contributed by atoms with Crippen LogP contribution in [-0.4, -0.2) is 573 Å². The number of aliphatic hydroxyl groups excluding tert-OH is 31. The summed E-state index contributed by atoms with van der Waals surface area (Å²) >= 11 is 0. The van der Waals surface area contributed by atoms with E-state index in [1.54, 1.807) is 62.3 Å². The molecule has 0 saturated carbocycles. The number of carboxylic acids is 1. The van der Waals surface area contributed by atoms with Crippen LogP contribution in [0.2, 0.25) is 0 Å². The second-order valence-electron chi connectivity index (χ2n) is 35.2. The molecule has 59 heteroatoms. The average molecular weight is 1990 g/mol. The van der Waals surface area contributed by atoms with Gasteiger partial charge in [0.05, 0.1) is 105 Å². The van der Waals surface area contributed by atoms with Gasteiger partial charge in [0.1, 0.15) is 232 Å². The van der Waals surface area contributed by atoms with Crippen LogP contribution in [0, 0.1) is 0 Å². The highest BCUT2D eigenvalue weighted by molar-refractivity contribution is 5.67. The minimum Gasteiger partial charge on any atom is -0.595 e. The van der Waals surface area contributed by atoms with Crippen LogP contribution < -0.4 is 15.3 Å². The lowest BCUT2D eigenvalue weighted by Crippen LogP contribution is -2.62. The van der Waals surface area contributed by atoms with Crippen LogP contribution in [0.25, 0.3) is 0 Å². The van der Waals surface area contributed by atoms with Crippen LogP contribution in [-0.2, 0) is 99.5 Å². The van der Waals surface area contributed by atoms with E-state index in [-0.39, 0.29) is 39.5 Å². The number of carbonyl (C=O) groups is 1. The van der Waals surface area contributed by atoms with E-state index < -0.39 is 377 Å². The molecule has 0 amide bonds. The Morgan fingerprint density at radius 1 is 0.252 bits per heavy atom. The van der Waals surface area contributed by atoms with Crippen molar-refractivity contribution in [3.05, 3.63) is 0 Å². The molecule has 9 saturated heterocycles. The number of aliphatic carboxylic acids is 1. The van der Waals surface area contributed by atoms with Gasteiger partial charge in [0.2, 0.25) is 0 Å². The fourth-order valence-corrected chi connectivity index (χ4v) is 13.6. The summed E-state index contributed by atoms with van der Waals surface area (Å²) in [6.45, 7) is 9.39. The molecule has 9 rings (SSSR count). The topological polar surface area (TPSA) is 955 Å². The Morgan fingerprint density at radius 2 is 0.437 bits per heavy atom. The summed E-state index contributed by atoms with van der Waals surface area (Å²) < 4.78 is 106. The standard InChI is InChI=1S/C26H45NO19.C25H45NO18.C18H32O16.C7H15NO3/c1-26(2,3)46-25(39)27-4-5-40-22-19(36)17(34)14(31)10(44-22)7-42-24-21(38)18(35)15(32)11(45-24)8-41-23-20(37)16(33)13(30)9(43-23)6-12(28)29;1-25(2,3)44-24(37)26-4-5-38-21-18(34)16(32)13(29)10(42-21)7-40-23-20(36)17(33)14(30)11(43-23)8-39-22-19(35)15(31)12(28)9(6-27)41-22;19-1-4-7(20)11(24)14(27)17(33-4)31-3-6-9(22)12(25)15(28)18(34-6)30-2-5-8(21)10(23)13(26)16(29)32-5;1-7(2,3)11-6(10)8-4-5-9/h9-11,13-24,30-38H,4-8H2,1-3H3,(H,27,39)(H,28,29);9-23,27-36H,4-8H2,1-3H3,(H,26,37);4-29H,1-3H2;9H,4-5H2,1-3H3,(H,8,10)/p-3. The molecule has 0 aromatic heterocycles. The molecule has 135 heavy (non-hydrogen) atoms. The van der Waals surface area contributed by atoms with Gasteiger partial charge < -0.3 is 273 Å². The van der Waals surface area contributed by atoms with Gasteiger partial charge in [-0.2, -0.15) is 0 Å². The predicted molar refractivity (Wildman–Crippen MR) is 423 cm³/mol. The van der Waals surface area contributed by atoms with E-state index in [2.05, 4.69) is 15.0 Å². The summed E-state index contributed by atoms with van der Waals surface area (Å²) in [7, 11) is 0. The van der Waals surface area contributed by atoms with Gasteiger partial charge in [0.15, 0.2) is 56.6 Å². The van der Waals surface area contributed by atoms with Gasteiger partial charge in [-0.1, -0.05) is 62.3 Å². The first-order valence-corrected chi connectivity index (χ1v) is 42.5. The van der Waals surface area contributed by atoms with E-state index in [1.807, 2.05) is 0 Å². The first kappa shape index (κ1) is 119. The molecule has 32 N–H and O–H groups in total. The van der Waals surface area contributed by atoms with Crippen molar-refractivity contribution in [2.24, 2.45) is 15.0 Å². The molecule has 45 atom stereocenters. The number of aliphatic imine (C=N–C) groups is 3. The Labute approximate surface area is 769 Å². The smallest absolute Gasteiger partial charge is 0.306 e. The SMILES string of the molecule is CC(C)(C)OC([O-])=NCCO.CC(C)(C)OC([O-])=NCCOC1OC(COC2OC(COC3OC(CC(=O)O)C(O)C(O)C3O)C(O)C(O)C2O)C(O)C(O)C1O.CC(C)(C)OC([O-])=NCCOC1OC(COC2OC(COC3OC(CO)C(O)C(O)C3O)C(O)C(O)C2O)C(O)C(O)C1O.OCC1OC(OCC2OC(OCC3OC(O)C(O)C(O)C3O)C(O)C(O)C2O)C(O)C(O)C1O. The van der Waals surface area contributed by atoms with Crippen molar-refractivity contribution in [1.82, 2.24) is 0 Å². The van der Waals surface area contributed by atoms with Gasteiger partial charge in [-0.25, -0.2) is 0 Å². The molecule has 0 radical (unpaired) electrons. The third kappa shape index (κ3) is 34.6. The van der Waals surface area contributed by atoms with Gasteiger partial charge >= 0.3 is 5.97 Å². The number of hydrogen-bond donors (Lipinski definition) is 32. The van der Waals surface area contributed by atoms with Crippen LogP contribution in [0.15, 0.2) is 15.0 Å². The van der Waals surface area contributed by atoms with Gasteiger partial charge in [0, 0.05) is 16.8 Å². The number of rotatable bonds is 32. The second kappa shape index (κ2) is 54.2. The van der Waals surface area contributed by atoms with Crippen molar-refractivity contribution in [1.29, 1.82) is 0 Å². The van der Waals surface area contributed by atoms with Crippen molar-refractivity contribution in [2.75, 3.05) is 92.3 Å². The maximum atomic E-state index is 11.7. The van der Waals surface area contributed by atoms with E-state index >= 15 is 0 Å². The number of ether oxygens (including phenoxy) is 20. The molecule has 0 aliphatic carbocycles. The maximum absolute atomic E-state index is 11.7. The molecule has 45 unspecified atom stereocenters. The molecule has 0 bridgehead atoms. The summed E-state index contributed by atoms with van der Waals surface area (Å²) in [5.74, 6) is -1.37. The van der Waals surface area contributed by atoms with Crippen molar-refractivity contribution < 1.29 is 278 Å². The summed E-state index contributed by atoms with van der Waals surface area (Å²) in [4.78, 5) is 21.8. The van der Waals surface area contributed by atoms with E-state index in [0.29, 0.717) is 0 Å². The largest absolute Gasteiger partial charge is 0.595 e. The molecule has 9 fully saturated rings. The second-order valence-corrected chi connectivity index (χ2v) is 35.2. The fourth-order valence-electron chi connectivity index (χ4n) is 13.6. The zero-order chi connectivity index (χ0) is 102. The van der Waals surface area contributed by atoms with Crippen molar-refractivity contribution in [2.45, 2.75) is 362 Å². The normalized spacial score (nSPS) is 43.1. The molecule has 0 spiro atoms. The summed E-state index contributed by atoms with van der Waals surface area (Å²) in [5.41, 5.74) is -2.02. The van der Waals surface area contributed by atoms with Crippen molar-refractivity contribution in [3.63, 3.8) is 0 Å². The summed E-state index contributed by atoms with van der Waals surface area (Å²) in [6.07, 6.45) is -77.1. The van der Waals surface area contributed by atoms with Crippen LogP contribution >= 0.6 is 0 Å². The number of carboxylic acid groups (broad SMARTS) is 1. The zero-order valence-corrected chi connectivity index (χ0v) is 74.5. The molecule has 9 aliphatic heterocycles. The quantitative estimate of drug-likeness (QED) is 0.0169. The van der Waals surface area contributed by atoms with Crippen LogP contribution in [0.4, 0.5) is 0 Å². The minimum atomic E-state index is -1.87. The molecule has 9 aliphatic rings. The van der Waals surface area contributed by atoms with Gasteiger partial charge in [-0.3, -0.25) is 19.8 Å². The molecule has 59 nitrogen and oxygen atoms in total. The highest BCUT2D eigenvalue weighted by atomic mass is 16.8. The molecule has 0 aromatic carbocycles. The van der Waals surface area contributed by atoms with Crippen molar-refractivity contribution in [3.8, 4) is 0 Å². The average Bonchev–Trinajstić information content (AvgIpc) is 0.799. The van der Waals surface area contributed by atoms with Gasteiger partial charge in [-0.05, 0) is 0 Å². The third-order valence-electron chi connectivity index (χ3n) is 21.1. The predicted octanol–water partition coefficient (Wildman–Crippen LogP) is -21.6. The first-order chi connectivity index (χ1) is 62.9. The maximum Gasteiger partial charge on any atom is 0.306 e. The highest BCUT2D eigenvalue weighted by Gasteiger charge is 2.55. The molecule has 9 heterocycles. The van der Waals surface area contributed by atoms with E-state index in [4.69, 9.17) is 105 Å². The lowest BCUT2D eigenvalue weighted by Gasteiger charge is -2.43. The number of nitrogens with zero attached hydrogens (tertiary/aromatic N) is 3. The Balaban J connectivity index is 0.000000296. The van der Waals surface area contributed by atoms with Crippen LogP contribution in [0.1, 0.15) is 68.7 Å². The third-order valence-corrected chi connectivity index (χ3v) is 21.1. The van der Waals surface area contributed by atoms with Crippen LogP contribution in [0.3, 0.4) is 0 Å². The molecular formula is C76H134N3O56-3. The Kier molecular flexibility index (Phi) is 47.8. The Hall–Kier alpha value is -4.64. The highest BCUT2D eigenvalue weighted by Crippen LogP contribution is 2.34. The van der Waals surface area contributed by atoms with Gasteiger partial charge in [0.25, 0.3) is 0 Å². The summed E-state index contributed by atoms with van der Waals surface area (Å²) in [5, 5.41) is 353. The van der Waals surface area contributed by atoms with E-state index in [1.165, 1.54) is 0 Å². The molecular weight excluding hydrogens is 1850 g/mol. The lowest BCUT2D eigenvalue weighted by atomic mass is 9.96. The molecule has 0 aromatic rings. The van der Waals surface area contributed by atoms with E-state index in [9.17, 15) is 173 Å². The van der Waals surface area contributed by atoms with Crippen molar-refractivity contribution >= 4 is 24.2 Å². The van der Waals surface area contributed by atoms with E-state index in [0.717, 1.165) is 0 Å². The number of aliphatic hydroxyl groups is 31. The minimum absolute atomic E-state index is 0.106. The Morgan fingerprint density at radius 3 is 0.652 bits per heavy atom. The van der Waals surface area contributed by atoms with Crippen LogP contribution in [0.5, 0.6) is 0 Å². The first-order valence-electron chi connectivity index (χ1n) is 42.5. The monoisotopic (exact) mass is 1980 g/mol. The fraction of sp³-hybridized carbons (Fsp3) is 0.947. The summed E-state index contributed by atoms with van der Waals surface area (Å²) in [6, 6.07) is 0.